The van der Waals surface area contributed by atoms with Crippen LogP contribution in [0.3, 0.4) is 0 Å². The van der Waals surface area contributed by atoms with Gasteiger partial charge in [-0.15, -0.1) is 5.10 Å². The fourth-order valence-corrected chi connectivity index (χ4v) is 2.19. The van der Waals surface area contributed by atoms with E-state index >= 15 is 0 Å². The number of rotatable bonds is 3. The summed E-state index contributed by atoms with van der Waals surface area (Å²) in [5.74, 6) is 1.62. The molecule has 0 amide bonds. The number of anilines is 1. The first-order valence-corrected chi connectivity index (χ1v) is 6.23. The number of aromatic nitrogens is 2. The minimum absolute atomic E-state index is 0.558. The molecule has 2 heterocycles. The van der Waals surface area contributed by atoms with E-state index in [0.717, 1.165) is 24.6 Å². The Morgan fingerprint density at radius 2 is 1.88 bits per heavy atom. The normalized spacial score (nSPS) is 22.0. The molecule has 1 saturated heterocycles. The van der Waals surface area contributed by atoms with E-state index in [1.807, 2.05) is 0 Å². The Kier molecular flexibility index (Phi) is 2.74. The molecule has 0 unspecified atom stereocenters. The number of nitrogens with one attached hydrogen (secondary N) is 2. The van der Waals surface area contributed by atoms with Gasteiger partial charge in [0.25, 0.3) is 0 Å². The minimum Gasteiger partial charge on any atom is -0.366 e. The van der Waals surface area contributed by atoms with Gasteiger partial charge >= 0.3 is 0 Å². The van der Waals surface area contributed by atoms with Crippen molar-refractivity contribution in [3.05, 3.63) is 17.8 Å². The molecule has 1 saturated carbocycles. The zero-order valence-corrected chi connectivity index (χ0v) is 9.45. The highest BCUT2D eigenvalue weighted by Crippen LogP contribution is 2.38. The van der Waals surface area contributed by atoms with Gasteiger partial charge in [-0.2, -0.15) is 5.10 Å². The van der Waals surface area contributed by atoms with Gasteiger partial charge in [0.05, 0.1) is 5.69 Å². The fraction of sp³-hybridized carbons (Fsp3) is 0.667. The first kappa shape index (κ1) is 10.0. The summed E-state index contributed by atoms with van der Waals surface area (Å²) in [5, 5.41) is 15.3. The van der Waals surface area contributed by atoms with E-state index in [9.17, 15) is 0 Å². The molecule has 4 nitrogen and oxygen atoms in total. The van der Waals surface area contributed by atoms with Gasteiger partial charge in [-0.25, -0.2) is 0 Å². The van der Waals surface area contributed by atoms with Crippen LogP contribution in [0.25, 0.3) is 0 Å². The lowest BCUT2D eigenvalue weighted by Crippen LogP contribution is -2.35. The van der Waals surface area contributed by atoms with Crippen LogP contribution in [0.1, 0.15) is 37.3 Å². The molecule has 1 aromatic heterocycles. The summed E-state index contributed by atoms with van der Waals surface area (Å²) < 4.78 is 0. The first-order valence-electron chi connectivity index (χ1n) is 6.23. The van der Waals surface area contributed by atoms with Gasteiger partial charge in [-0.05, 0) is 50.9 Å². The molecule has 4 heteroatoms. The Labute approximate surface area is 95.8 Å². The molecule has 2 fully saturated rings. The van der Waals surface area contributed by atoms with Crippen molar-refractivity contribution < 1.29 is 0 Å². The molecule has 0 bridgehead atoms. The zero-order chi connectivity index (χ0) is 10.8. The molecular formula is C12H18N4. The molecule has 0 aromatic carbocycles. The number of piperidine rings is 1. The zero-order valence-electron chi connectivity index (χ0n) is 9.45. The third-order valence-electron chi connectivity index (χ3n) is 3.37. The predicted octanol–water partition coefficient (Wildman–Crippen LogP) is 1.52. The summed E-state index contributed by atoms with van der Waals surface area (Å²) in [7, 11) is 0. The van der Waals surface area contributed by atoms with E-state index in [1.165, 1.54) is 25.7 Å². The Morgan fingerprint density at radius 1 is 1.06 bits per heavy atom. The Morgan fingerprint density at radius 3 is 2.50 bits per heavy atom. The van der Waals surface area contributed by atoms with Gasteiger partial charge < -0.3 is 10.6 Å². The largest absolute Gasteiger partial charge is 0.366 e. The highest BCUT2D eigenvalue weighted by molar-refractivity contribution is 5.35. The topological polar surface area (TPSA) is 49.8 Å². The second-order valence-corrected chi connectivity index (χ2v) is 4.79. The molecular weight excluding hydrogens is 200 g/mol. The maximum atomic E-state index is 4.28. The quantitative estimate of drug-likeness (QED) is 0.807. The average molecular weight is 218 g/mol. The predicted molar refractivity (Wildman–Crippen MR) is 63.5 cm³/mol. The van der Waals surface area contributed by atoms with Crippen LogP contribution in [0.4, 0.5) is 5.82 Å². The van der Waals surface area contributed by atoms with Crippen molar-refractivity contribution in [3.63, 3.8) is 0 Å². The van der Waals surface area contributed by atoms with Crippen molar-refractivity contribution >= 4 is 5.82 Å². The lowest BCUT2D eigenvalue weighted by Gasteiger charge is -2.23. The van der Waals surface area contributed by atoms with Crippen molar-refractivity contribution in [1.82, 2.24) is 15.5 Å². The van der Waals surface area contributed by atoms with Crippen LogP contribution in [0.2, 0.25) is 0 Å². The van der Waals surface area contributed by atoms with Gasteiger partial charge in [-0.3, -0.25) is 0 Å². The molecule has 16 heavy (non-hydrogen) atoms. The van der Waals surface area contributed by atoms with E-state index in [1.54, 1.807) is 0 Å². The van der Waals surface area contributed by atoms with Crippen LogP contribution in [0.5, 0.6) is 0 Å². The maximum Gasteiger partial charge on any atom is 0.148 e. The second-order valence-electron chi connectivity index (χ2n) is 4.79. The van der Waals surface area contributed by atoms with E-state index in [2.05, 4.69) is 33.0 Å². The van der Waals surface area contributed by atoms with Gasteiger partial charge in [-0.1, -0.05) is 0 Å². The van der Waals surface area contributed by atoms with Gasteiger partial charge in [0.15, 0.2) is 0 Å². The Balaban J connectivity index is 1.60. The summed E-state index contributed by atoms with van der Waals surface area (Å²) in [6.07, 6.45) is 4.92. The number of hydrogen-bond donors (Lipinski definition) is 2. The Hall–Kier alpha value is -1.16. The van der Waals surface area contributed by atoms with Crippen LogP contribution in [0, 0.1) is 0 Å². The summed E-state index contributed by atoms with van der Waals surface area (Å²) >= 11 is 0. The molecule has 1 aromatic rings. The molecule has 1 aliphatic heterocycles. The molecule has 1 aliphatic carbocycles. The van der Waals surface area contributed by atoms with Crippen molar-refractivity contribution in [3.8, 4) is 0 Å². The fourth-order valence-electron chi connectivity index (χ4n) is 2.19. The third kappa shape index (κ3) is 2.32. The standard InChI is InChI=1S/C12H18N4/c1-2-9(1)11-3-4-12(16-15-11)14-10-5-7-13-8-6-10/h3-4,9-10,13H,1-2,5-8H2,(H,14,16). The lowest BCUT2D eigenvalue weighted by atomic mass is 10.1. The van der Waals surface area contributed by atoms with Gasteiger partial charge in [0.1, 0.15) is 5.82 Å². The van der Waals surface area contributed by atoms with Crippen molar-refractivity contribution in [2.45, 2.75) is 37.6 Å². The third-order valence-corrected chi connectivity index (χ3v) is 3.37. The monoisotopic (exact) mass is 218 g/mol. The van der Waals surface area contributed by atoms with E-state index in [0.29, 0.717) is 12.0 Å². The maximum absolute atomic E-state index is 4.28. The van der Waals surface area contributed by atoms with E-state index in [-0.39, 0.29) is 0 Å². The van der Waals surface area contributed by atoms with Crippen LogP contribution in [0.15, 0.2) is 12.1 Å². The summed E-state index contributed by atoms with van der Waals surface area (Å²) in [6, 6.07) is 4.75. The van der Waals surface area contributed by atoms with Crippen molar-refractivity contribution in [1.29, 1.82) is 0 Å². The van der Waals surface area contributed by atoms with Crippen molar-refractivity contribution in [2.24, 2.45) is 0 Å². The van der Waals surface area contributed by atoms with Gasteiger partial charge in [0, 0.05) is 12.0 Å². The number of nitrogens with zero attached hydrogens (tertiary/aromatic N) is 2. The summed E-state index contributed by atoms with van der Waals surface area (Å²) in [5.41, 5.74) is 1.16. The molecule has 0 spiro atoms. The molecule has 2 aliphatic rings. The highest BCUT2D eigenvalue weighted by Gasteiger charge is 2.25. The molecule has 3 rings (SSSR count). The smallest absolute Gasteiger partial charge is 0.148 e. The van der Waals surface area contributed by atoms with Crippen LogP contribution >= 0.6 is 0 Å². The summed E-state index contributed by atoms with van der Waals surface area (Å²) in [4.78, 5) is 0. The van der Waals surface area contributed by atoms with E-state index < -0.39 is 0 Å². The Bertz CT molecular complexity index is 339. The first-order chi connectivity index (χ1) is 7.92. The molecule has 2 N–H and O–H groups in total. The lowest BCUT2D eigenvalue weighted by molar-refractivity contribution is 0.478. The van der Waals surface area contributed by atoms with Crippen LogP contribution in [-0.4, -0.2) is 29.3 Å². The molecule has 0 atom stereocenters. The molecule has 0 radical (unpaired) electrons. The van der Waals surface area contributed by atoms with Crippen LogP contribution < -0.4 is 10.6 Å². The highest BCUT2D eigenvalue weighted by atomic mass is 15.2. The van der Waals surface area contributed by atoms with Crippen LogP contribution in [-0.2, 0) is 0 Å². The SMILES string of the molecule is c1cc(C2CC2)nnc1NC1CCNCC1. The summed E-state index contributed by atoms with van der Waals surface area (Å²) in [6.45, 7) is 2.20. The average Bonchev–Trinajstić information content (AvgIpc) is 3.15. The van der Waals surface area contributed by atoms with Crippen molar-refractivity contribution in [2.75, 3.05) is 18.4 Å². The second kappa shape index (κ2) is 4.37. The van der Waals surface area contributed by atoms with Gasteiger partial charge in [0.2, 0.25) is 0 Å². The molecule has 86 valence electrons. The number of hydrogen-bond acceptors (Lipinski definition) is 4. The van der Waals surface area contributed by atoms with E-state index in [4.69, 9.17) is 0 Å². The minimum atomic E-state index is 0.558.